The average Bonchev–Trinajstić information content (AvgIpc) is 2.16. The van der Waals surface area contributed by atoms with E-state index in [4.69, 9.17) is 5.11 Å². The predicted molar refractivity (Wildman–Crippen MR) is 62.0 cm³/mol. The van der Waals surface area contributed by atoms with Crippen molar-refractivity contribution >= 4 is 16.1 Å². The number of nitrogens with one attached hydrogen (secondary N) is 1. The molecule has 6 nitrogen and oxygen atoms in total. The molecule has 0 saturated carbocycles. The molecule has 0 atom stereocenters. The Morgan fingerprint density at radius 3 is 2.12 bits per heavy atom. The zero-order valence-corrected chi connectivity index (χ0v) is 10.6. The molecule has 0 aromatic rings. The molecular weight excluding hydrogens is 232 g/mol. The van der Waals surface area contributed by atoms with Crippen LogP contribution in [0.25, 0.3) is 0 Å². The Hall–Kier alpha value is -0.820. The van der Waals surface area contributed by atoms with E-state index in [1.165, 1.54) is 4.31 Å². The maximum atomic E-state index is 11.8. The third-order valence-corrected chi connectivity index (χ3v) is 3.85. The maximum absolute atomic E-state index is 11.8. The Labute approximate surface area is 96.7 Å². The van der Waals surface area contributed by atoms with Crippen molar-refractivity contribution in [2.75, 3.05) is 25.4 Å². The van der Waals surface area contributed by atoms with E-state index in [1.54, 1.807) is 0 Å². The molecule has 7 heteroatoms. The molecule has 0 rings (SSSR count). The van der Waals surface area contributed by atoms with Crippen molar-refractivity contribution in [3.63, 3.8) is 0 Å². The molecule has 0 bridgehead atoms. The lowest BCUT2D eigenvalue weighted by molar-refractivity contribution is 0.195. The first kappa shape index (κ1) is 15.2. The number of hydrogen-bond acceptors (Lipinski definition) is 3. The highest BCUT2D eigenvalue weighted by molar-refractivity contribution is 7.89. The number of sulfonamides is 1. The molecule has 0 heterocycles. The molecular formula is C9H20N2O4S. The minimum Gasteiger partial charge on any atom is -0.465 e. The van der Waals surface area contributed by atoms with Crippen LogP contribution in [-0.4, -0.2) is 49.3 Å². The van der Waals surface area contributed by atoms with Gasteiger partial charge in [0.2, 0.25) is 10.0 Å². The van der Waals surface area contributed by atoms with Gasteiger partial charge in [-0.25, -0.2) is 17.5 Å². The van der Waals surface area contributed by atoms with Gasteiger partial charge in [0.25, 0.3) is 0 Å². The lowest BCUT2D eigenvalue weighted by Gasteiger charge is -2.20. The second kappa shape index (κ2) is 7.45. The Morgan fingerprint density at radius 2 is 1.75 bits per heavy atom. The minimum absolute atomic E-state index is 0.0679. The molecule has 0 spiro atoms. The van der Waals surface area contributed by atoms with Crippen molar-refractivity contribution < 1.29 is 18.3 Å². The summed E-state index contributed by atoms with van der Waals surface area (Å²) in [6, 6.07) is 0. The van der Waals surface area contributed by atoms with E-state index in [9.17, 15) is 13.2 Å². The van der Waals surface area contributed by atoms with Gasteiger partial charge in [-0.2, -0.15) is 0 Å². The molecule has 0 aromatic carbocycles. The highest BCUT2D eigenvalue weighted by Gasteiger charge is 2.19. The molecule has 0 aliphatic rings. The smallest absolute Gasteiger partial charge is 0.404 e. The van der Waals surface area contributed by atoms with Crippen molar-refractivity contribution in [2.45, 2.75) is 26.7 Å². The van der Waals surface area contributed by atoms with Crippen LogP contribution in [-0.2, 0) is 10.0 Å². The Kier molecular flexibility index (Phi) is 7.07. The Bertz CT molecular complexity index is 297. The summed E-state index contributed by atoms with van der Waals surface area (Å²) in [6.45, 7) is 4.73. The van der Waals surface area contributed by atoms with Crippen LogP contribution in [0.3, 0.4) is 0 Å². The first-order chi connectivity index (χ1) is 7.44. The van der Waals surface area contributed by atoms with Gasteiger partial charge in [0.15, 0.2) is 0 Å². The quantitative estimate of drug-likeness (QED) is 0.666. The van der Waals surface area contributed by atoms with Crippen LogP contribution in [0.2, 0.25) is 0 Å². The lowest BCUT2D eigenvalue weighted by Crippen LogP contribution is -2.38. The van der Waals surface area contributed by atoms with Crippen LogP contribution in [0.1, 0.15) is 26.7 Å². The number of nitrogens with zero attached hydrogens (tertiary/aromatic N) is 1. The van der Waals surface area contributed by atoms with Gasteiger partial charge in [-0.15, -0.1) is 0 Å². The van der Waals surface area contributed by atoms with E-state index in [1.807, 2.05) is 13.8 Å². The fourth-order valence-corrected chi connectivity index (χ4v) is 2.84. The van der Waals surface area contributed by atoms with E-state index in [0.29, 0.717) is 13.1 Å². The van der Waals surface area contributed by atoms with Crippen LogP contribution in [0.5, 0.6) is 0 Å². The topological polar surface area (TPSA) is 86.7 Å². The van der Waals surface area contributed by atoms with Gasteiger partial charge in [0.05, 0.1) is 5.75 Å². The van der Waals surface area contributed by atoms with Crippen LogP contribution in [0.15, 0.2) is 0 Å². The lowest BCUT2D eigenvalue weighted by atomic mass is 10.4. The second-order valence-corrected chi connectivity index (χ2v) is 5.54. The summed E-state index contributed by atoms with van der Waals surface area (Å²) in [5.41, 5.74) is 0. The summed E-state index contributed by atoms with van der Waals surface area (Å²) in [5.74, 6) is -0.181. The van der Waals surface area contributed by atoms with Gasteiger partial charge in [-0.3, -0.25) is 0 Å². The standard InChI is InChI=1S/C9H20N2O4S/c1-3-6-11(7-4-2)16(14,15)8-5-10-9(12)13/h10H,3-8H2,1-2H3,(H,12,13). The number of hydrogen-bond donors (Lipinski definition) is 2. The summed E-state index contributed by atoms with van der Waals surface area (Å²) in [7, 11) is -3.33. The van der Waals surface area contributed by atoms with E-state index in [-0.39, 0.29) is 12.3 Å². The molecule has 0 aromatic heterocycles. The van der Waals surface area contributed by atoms with Gasteiger partial charge < -0.3 is 10.4 Å². The van der Waals surface area contributed by atoms with Crippen molar-refractivity contribution in [1.29, 1.82) is 0 Å². The molecule has 1 amide bonds. The molecule has 16 heavy (non-hydrogen) atoms. The first-order valence-corrected chi connectivity index (χ1v) is 6.99. The summed E-state index contributed by atoms with van der Waals surface area (Å²) in [5, 5.41) is 10.4. The second-order valence-electron chi connectivity index (χ2n) is 3.45. The third kappa shape index (κ3) is 5.92. The highest BCUT2D eigenvalue weighted by atomic mass is 32.2. The van der Waals surface area contributed by atoms with Crippen LogP contribution < -0.4 is 5.32 Å². The average molecular weight is 252 g/mol. The largest absolute Gasteiger partial charge is 0.465 e. The van der Waals surface area contributed by atoms with Gasteiger partial charge in [-0.05, 0) is 12.8 Å². The van der Waals surface area contributed by atoms with Crippen molar-refractivity contribution in [3.05, 3.63) is 0 Å². The number of amides is 1. The van der Waals surface area contributed by atoms with Crippen LogP contribution in [0.4, 0.5) is 4.79 Å². The van der Waals surface area contributed by atoms with Gasteiger partial charge in [0.1, 0.15) is 0 Å². The van der Waals surface area contributed by atoms with E-state index < -0.39 is 16.1 Å². The van der Waals surface area contributed by atoms with E-state index >= 15 is 0 Å². The fraction of sp³-hybridized carbons (Fsp3) is 0.889. The van der Waals surface area contributed by atoms with Crippen molar-refractivity contribution in [1.82, 2.24) is 9.62 Å². The summed E-state index contributed by atoms with van der Waals surface area (Å²) < 4.78 is 25.0. The SMILES string of the molecule is CCCN(CCC)S(=O)(=O)CCNC(=O)O. The molecule has 2 N–H and O–H groups in total. The number of rotatable bonds is 8. The van der Waals surface area contributed by atoms with E-state index in [0.717, 1.165) is 12.8 Å². The van der Waals surface area contributed by atoms with Crippen molar-refractivity contribution in [2.24, 2.45) is 0 Å². The van der Waals surface area contributed by atoms with Crippen molar-refractivity contribution in [3.8, 4) is 0 Å². The molecule has 0 aliphatic carbocycles. The summed E-state index contributed by atoms with van der Waals surface area (Å²) in [6.07, 6.45) is 0.310. The normalized spacial score (nSPS) is 11.7. The minimum atomic E-state index is -3.33. The molecule has 0 fully saturated rings. The number of carboxylic acid groups (broad SMARTS) is 1. The Morgan fingerprint density at radius 1 is 1.25 bits per heavy atom. The summed E-state index contributed by atoms with van der Waals surface area (Å²) in [4.78, 5) is 10.2. The fourth-order valence-electron chi connectivity index (χ4n) is 1.30. The molecule has 0 radical (unpaired) electrons. The van der Waals surface area contributed by atoms with Crippen LogP contribution >= 0.6 is 0 Å². The van der Waals surface area contributed by atoms with Gasteiger partial charge in [-0.1, -0.05) is 13.8 Å². The predicted octanol–water partition coefficient (Wildman–Crippen LogP) is 0.706. The zero-order valence-electron chi connectivity index (χ0n) is 9.77. The maximum Gasteiger partial charge on any atom is 0.404 e. The first-order valence-electron chi connectivity index (χ1n) is 5.38. The van der Waals surface area contributed by atoms with E-state index in [2.05, 4.69) is 5.32 Å². The highest BCUT2D eigenvalue weighted by Crippen LogP contribution is 2.03. The molecule has 0 unspecified atom stereocenters. The van der Waals surface area contributed by atoms with Crippen LogP contribution in [0, 0.1) is 0 Å². The molecule has 0 saturated heterocycles. The zero-order chi connectivity index (χ0) is 12.6. The van der Waals surface area contributed by atoms with Gasteiger partial charge >= 0.3 is 6.09 Å². The molecule has 0 aliphatic heterocycles. The third-order valence-electron chi connectivity index (χ3n) is 1.98. The Balaban J connectivity index is 4.29. The number of carbonyl (C=O) groups is 1. The summed E-state index contributed by atoms with van der Waals surface area (Å²) >= 11 is 0. The molecule has 96 valence electrons. The monoisotopic (exact) mass is 252 g/mol. The van der Waals surface area contributed by atoms with Gasteiger partial charge in [0, 0.05) is 19.6 Å².